The van der Waals surface area contributed by atoms with Gasteiger partial charge in [-0.3, -0.25) is 19.2 Å². The van der Waals surface area contributed by atoms with Crippen molar-refractivity contribution >= 4 is 41.0 Å². The third-order valence-corrected chi connectivity index (χ3v) is 9.87. The van der Waals surface area contributed by atoms with Crippen molar-refractivity contribution in [1.82, 2.24) is 10.2 Å². The number of amides is 3. The van der Waals surface area contributed by atoms with Gasteiger partial charge in [0.1, 0.15) is 23.7 Å². The molecule has 0 radical (unpaired) electrons. The fraction of sp³-hybridized carbons (Fsp3) is 0.444. The van der Waals surface area contributed by atoms with Crippen molar-refractivity contribution in [3.63, 3.8) is 0 Å². The molecule has 1 spiro atoms. The summed E-state index contributed by atoms with van der Waals surface area (Å²) in [4.78, 5) is 59.4. The Hall–Kier alpha value is -3.99. The number of aliphatic hydroxyl groups excluding tert-OH is 1. The monoisotopic (exact) mass is 661 g/mol. The van der Waals surface area contributed by atoms with Crippen LogP contribution < -0.4 is 10.2 Å². The molecule has 0 aromatic heterocycles. The van der Waals surface area contributed by atoms with Crippen molar-refractivity contribution in [2.24, 2.45) is 11.8 Å². The number of hydrogen-bond donors (Lipinski definition) is 2. The fourth-order valence-electron chi connectivity index (χ4n) is 7.35. The lowest BCUT2D eigenvalue weighted by atomic mass is 9.74. The van der Waals surface area contributed by atoms with E-state index in [1.165, 1.54) is 0 Å². The lowest BCUT2D eigenvalue weighted by molar-refractivity contribution is -0.159. The number of esters is 1. The number of carbonyl (C=O) groups excluding carboxylic acids is 4. The molecule has 0 saturated carbocycles. The molecule has 4 heterocycles. The first-order valence-corrected chi connectivity index (χ1v) is 16.7. The minimum atomic E-state index is -1.39. The van der Waals surface area contributed by atoms with E-state index >= 15 is 0 Å². The molecule has 2 saturated heterocycles. The van der Waals surface area contributed by atoms with E-state index in [2.05, 4.69) is 5.32 Å². The number of nitrogens with one attached hydrogen (secondary N) is 1. The van der Waals surface area contributed by atoms with Crippen LogP contribution in [0.4, 0.5) is 5.69 Å². The van der Waals surface area contributed by atoms with Crippen LogP contribution in [0.5, 0.6) is 0 Å². The fourth-order valence-corrected chi connectivity index (χ4v) is 7.68. The Kier molecular flexibility index (Phi) is 9.82. The van der Waals surface area contributed by atoms with Gasteiger partial charge >= 0.3 is 5.97 Å². The molecule has 2 fully saturated rings. The maximum Gasteiger partial charge on any atom is 0.313 e. The van der Waals surface area contributed by atoms with Crippen molar-refractivity contribution < 1.29 is 33.8 Å². The zero-order chi connectivity index (χ0) is 33.1. The first-order valence-electron chi connectivity index (χ1n) is 16.3. The summed E-state index contributed by atoms with van der Waals surface area (Å²) in [5.74, 6) is -3.53. The number of likely N-dealkylation sites (tertiary alicyclic amines) is 1. The number of aryl methyl sites for hydroxylation is 1. The molecule has 10 nitrogen and oxygen atoms in total. The van der Waals surface area contributed by atoms with Crippen LogP contribution in [0, 0.1) is 18.8 Å². The van der Waals surface area contributed by atoms with Gasteiger partial charge in [-0.05, 0) is 49.8 Å². The molecule has 5 bridgehead atoms. The summed E-state index contributed by atoms with van der Waals surface area (Å²) in [5, 5.41) is 12.6. The number of anilines is 1. The van der Waals surface area contributed by atoms with Gasteiger partial charge in [0.25, 0.3) is 5.91 Å². The van der Waals surface area contributed by atoms with Crippen LogP contribution in [0.1, 0.15) is 49.3 Å². The van der Waals surface area contributed by atoms with Crippen molar-refractivity contribution in [3.05, 3.63) is 89.0 Å². The van der Waals surface area contributed by atoms with Crippen molar-refractivity contribution in [1.29, 1.82) is 0 Å². The molecule has 3 amide bonds. The third kappa shape index (κ3) is 6.22. The highest BCUT2D eigenvalue weighted by molar-refractivity contribution is 6.34. The number of ether oxygens (including phenoxy) is 2. The number of allylic oxidation sites excluding steroid dienone is 1. The van der Waals surface area contributed by atoms with E-state index in [4.69, 9.17) is 21.1 Å². The van der Waals surface area contributed by atoms with Gasteiger partial charge in [0, 0.05) is 26.1 Å². The largest absolute Gasteiger partial charge is 0.455 e. The van der Waals surface area contributed by atoms with Gasteiger partial charge in [0.05, 0.1) is 29.3 Å². The second-order valence-electron chi connectivity index (χ2n) is 12.5. The van der Waals surface area contributed by atoms with Crippen LogP contribution >= 0.6 is 11.6 Å². The Balaban J connectivity index is 1.43. The van der Waals surface area contributed by atoms with E-state index < -0.39 is 41.7 Å². The average Bonchev–Trinajstić information content (AvgIpc) is 3.71. The van der Waals surface area contributed by atoms with Crippen molar-refractivity contribution in [2.45, 2.75) is 62.9 Å². The number of nitrogens with zero attached hydrogens (tertiary/aromatic N) is 2. The van der Waals surface area contributed by atoms with Gasteiger partial charge in [0.2, 0.25) is 11.8 Å². The molecule has 2 N–H and O–H groups in total. The quantitative estimate of drug-likeness (QED) is 0.261. The predicted molar refractivity (Wildman–Crippen MR) is 175 cm³/mol. The average molecular weight is 662 g/mol. The number of fused-ring (bicyclic) bond motifs is 2. The Morgan fingerprint density at radius 1 is 1.00 bits per heavy atom. The third-order valence-electron chi connectivity index (χ3n) is 9.57. The molecular formula is C36H40ClN3O7. The van der Waals surface area contributed by atoms with E-state index in [1.807, 2.05) is 61.5 Å². The predicted octanol–water partition coefficient (Wildman–Crippen LogP) is 4.05. The van der Waals surface area contributed by atoms with Crippen molar-refractivity contribution in [3.8, 4) is 0 Å². The number of hydrogen-bond acceptors (Lipinski definition) is 7. The summed E-state index contributed by atoms with van der Waals surface area (Å²) < 4.78 is 12.6. The summed E-state index contributed by atoms with van der Waals surface area (Å²) in [6.45, 7) is 2.35. The maximum atomic E-state index is 14.9. The van der Waals surface area contributed by atoms with Crippen LogP contribution in [0.2, 0.25) is 5.02 Å². The number of halogens is 1. The van der Waals surface area contributed by atoms with Crippen LogP contribution in [0.15, 0.2) is 72.8 Å². The van der Waals surface area contributed by atoms with E-state index in [0.29, 0.717) is 42.0 Å². The molecule has 4 aliphatic rings. The van der Waals surface area contributed by atoms with E-state index in [-0.39, 0.29) is 50.4 Å². The lowest BCUT2D eigenvalue weighted by Crippen LogP contribution is -2.56. The standard InChI is InChI=1S/C36H40ClN3O7/c1-23-12-11-15-25(37)31(23)39-19-8-3-7-16-28(42)38-22-27(24-13-5-2-6-14-24)46-35(45)29-26-17-18-36(47-26)30(29)33(43)40(32(36)34(39)44)20-9-4-10-21-41/h2-3,5-6,8,11-15,17-18,26-27,29-30,32,41H,4,7,9-10,16,19-22H2,1H3,(H,38,42)/b8-3-/t26-,27-,29+,30+,32-,36+/m1/s1. The zero-order valence-electron chi connectivity index (χ0n) is 26.3. The summed E-state index contributed by atoms with van der Waals surface area (Å²) in [5.41, 5.74) is 0.611. The molecule has 11 heteroatoms. The van der Waals surface area contributed by atoms with E-state index in [9.17, 15) is 24.3 Å². The van der Waals surface area contributed by atoms with Gasteiger partial charge in [-0.1, -0.05) is 78.4 Å². The molecule has 248 valence electrons. The molecule has 0 aliphatic carbocycles. The molecule has 6 atom stereocenters. The number of cyclic esters (lactones) is 1. The Morgan fingerprint density at radius 3 is 2.57 bits per heavy atom. The Bertz CT molecular complexity index is 1560. The number of rotatable bonds is 7. The lowest BCUT2D eigenvalue weighted by Gasteiger charge is -2.36. The molecule has 47 heavy (non-hydrogen) atoms. The Morgan fingerprint density at radius 2 is 1.81 bits per heavy atom. The van der Waals surface area contributed by atoms with Gasteiger partial charge < -0.3 is 29.7 Å². The first-order chi connectivity index (χ1) is 22.8. The van der Waals surface area contributed by atoms with Gasteiger partial charge in [0.15, 0.2) is 0 Å². The van der Waals surface area contributed by atoms with Gasteiger partial charge in [-0.25, -0.2) is 0 Å². The molecule has 2 aromatic carbocycles. The summed E-state index contributed by atoms with van der Waals surface area (Å²) in [6, 6.07) is 13.5. The second-order valence-corrected chi connectivity index (χ2v) is 12.9. The minimum absolute atomic E-state index is 0.0270. The maximum absolute atomic E-state index is 14.9. The van der Waals surface area contributed by atoms with Crippen LogP contribution in [-0.2, 0) is 28.7 Å². The number of aliphatic hydroxyl groups is 1. The molecular weight excluding hydrogens is 622 g/mol. The Labute approximate surface area is 279 Å². The van der Waals surface area contributed by atoms with Crippen LogP contribution in [-0.4, -0.2) is 77.7 Å². The first kappa shape index (κ1) is 32.9. The number of para-hydroxylation sites is 1. The number of carbonyl (C=O) groups is 4. The molecule has 4 aliphatic heterocycles. The highest BCUT2D eigenvalue weighted by Gasteiger charge is 2.73. The van der Waals surface area contributed by atoms with E-state index in [0.717, 1.165) is 5.56 Å². The molecule has 6 rings (SSSR count). The normalized spacial score (nSPS) is 30.0. The molecule has 2 aromatic rings. The van der Waals surface area contributed by atoms with Crippen LogP contribution in [0.3, 0.4) is 0 Å². The topological polar surface area (TPSA) is 125 Å². The van der Waals surface area contributed by atoms with Crippen LogP contribution in [0.25, 0.3) is 0 Å². The molecule has 0 unspecified atom stereocenters. The highest BCUT2D eigenvalue weighted by atomic mass is 35.5. The van der Waals surface area contributed by atoms with E-state index in [1.54, 1.807) is 28.0 Å². The zero-order valence-corrected chi connectivity index (χ0v) is 27.1. The summed E-state index contributed by atoms with van der Waals surface area (Å²) >= 11 is 6.72. The smallest absolute Gasteiger partial charge is 0.313 e. The summed E-state index contributed by atoms with van der Waals surface area (Å²) in [6.07, 6.45) is 8.06. The van der Waals surface area contributed by atoms with Gasteiger partial charge in [-0.15, -0.1) is 0 Å². The number of benzene rings is 2. The second kappa shape index (κ2) is 14.0. The highest BCUT2D eigenvalue weighted by Crippen LogP contribution is 2.56. The number of unbranched alkanes of at least 4 members (excludes halogenated alkanes) is 2. The van der Waals surface area contributed by atoms with Crippen molar-refractivity contribution in [2.75, 3.05) is 31.1 Å². The minimum Gasteiger partial charge on any atom is -0.455 e. The summed E-state index contributed by atoms with van der Waals surface area (Å²) in [7, 11) is 0. The SMILES string of the molecule is Cc1cccc(Cl)c1N1C/C=C\CCC(=O)NC[C@H](c2ccccc2)OC(=O)[C@@H]2[C@H]3C(=O)N(CCCCCO)[C@H](C1=O)[C@]31C=C[C@H]2O1. The van der Waals surface area contributed by atoms with Gasteiger partial charge in [-0.2, -0.15) is 0 Å².